The van der Waals surface area contributed by atoms with Crippen LogP contribution in [-0.2, 0) is 65.4 Å². The van der Waals surface area contributed by atoms with Gasteiger partial charge in [0.2, 0.25) is 0 Å². The van der Waals surface area contributed by atoms with Crippen molar-refractivity contribution in [2.75, 3.05) is 0 Å². The molecule has 9 heavy (non-hydrogen) atoms. The molecule has 1 rings (SSSR count). The van der Waals surface area contributed by atoms with Crippen LogP contribution in [0.5, 0.6) is 0 Å². The minimum absolute atomic E-state index is 0. The van der Waals surface area contributed by atoms with Gasteiger partial charge in [0.05, 0.1) is 0 Å². The van der Waals surface area contributed by atoms with E-state index < -0.39 is 8.07 Å². The molecule has 0 nitrogen and oxygen atoms in total. The van der Waals surface area contributed by atoms with Gasteiger partial charge < -0.3 is 6.92 Å². The largest absolute Gasteiger partial charge is 0.346 e. The van der Waals surface area contributed by atoms with Crippen LogP contribution in [0.3, 0.4) is 0 Å². The van der Waals surface area contributed by atoms with Crippen LogP contribution in [0.4, 0.5) is 0 Å². The molecule has 1 saturated heterocycles. The van der Waals surface area contributed by atoms with Gasteiger partial charge in [0.15, 0.2) is 0 Å². The molecule has 1 aliphatic rings. The van der Waals surface area contributed by atoms with E-state index in [0.29, 0.717) is 0 Å². The van der Waals surface area contributed by atoms with E-state index in [2.05, 4.69) is 13.5 Å². The molecule has 0 aliphatic carbocycles. The molecule has 0 N–H and O–H groups in total. The van der Waals surface area contributed by atoms with Crippen LogP contribution < -0.4 is 0 Å². The average molecular weight is 291 g/mol. The molecule has 0 aromatic rings. The maximum Gasteiger partial charge on any atom is 0.0208 e. The molecule has 48 valence electrons. The molecule has 0 aromatic heterocycles. The van der Waals surface area contributed by atoms with Crippen molar-refractivity contribution < 1.29 is 65.4 Å². The Bertz CT molecular complexity index is 65.9. The van der Waals surface area contributed by atoms with Gasteiger partial charge in [0, 0.05) is 73.5 Å². The summed E-state index contributed by atoms with van der Waals surface area (Å²) >= 11 is 0. The van der Waals surface area contributed by atoms with E-state index in [1.165, 1.54) is 12.5 Å². The van der Waals surface area contributed by atoms with Crippen molar-refractivity contribution >= 4 is 8.07 Å². The molecule has 0 bridgehead atoms. The second-order valence-electron chi connectivity index (χ2n) is 2.91. The quantitative estimate of drug-likeness (QED) is 0.514. The second-order valence-corrected chi connectivity index (χ2v) is 8.04. The Hall–Kier alpha value is 2.42. The molecule has 1 aliphatic heterocycles. The van der Waals surface area contributed by atoms with E-state index in [1.807, 2.05) is 0 Å². The van der Waals surface area contributed by atoms with Gasteiger partial charge in [-0.15, -0.1) is 0 Å². The fourth-order valence-electron chi connectivity index (χ4n) is 1.03. The van der Waals surface area contributed by atoms with Crippen molar-refractivity contribution in [3.05, 3.63) is 6.92 Å². The van der Waals surface area contributed by atoms with E-state index in [1.54, 1.807) is 12.1 Å². The molecule has 1 fully saturated rings. The van der Waals surface area contributed by atoms with Gasteiger partial charge in [-0.05, 0) is 0 Å². The van der Waals surface area contributed by atoms with Crippen LogP contribution in [0.15, 0.2) is 0 Å². The molecule has 3 heteroatoms. The molecule has 2 radical (unpaired) electrons. The van der Waals surface area contributed by atoms with E-state index >= 15 is 0 Å². The maximum absolute atomic E-state index is 3.94. The average Bonchev–Trinajstić information content (AvgIpc) is 1.61. The van der Waals surface area contributed by atoms with Gasteiger partial charge >= 0.3 is 0 Å². The molecule has 0 unspecified atom stereocenters. The molecular weight excluding hydrogens is 278 g/mol. The van der Waals surface area contributed by atoms with Gasteiger partial charge in [-0.25, -0.2) is 0 Å². The number of rotatable bonds is 1. The van der Waals surface area contributed by atoms with Crippen molar-refractivity contribution in [3.8, 4) is 0 Å². The first kappa shape index (κ1) is 14.0. The normalized spacial score (nSPS) is 20.7. The molecule has 0 amide bonds. The standard InChI is InChI=1S/C6H13Si.2Y/c1-3-7(2)5-4-6-7;;/h1,3-6H2,2H3;;/q-1;;. The van der Waals surface area contributed by atoms with E-state index in [4.69, 9.17) is 0 Å². The summed E-state index contributed by atoms with van der Waals surface area (Å²) in [6.45, 7) is 6.40. The Morgan fingerprint density at radius 3 is 1.78 bits per heavy atom. The molecule has 0 atom stereocenters. The summed E-state index contributed by atoms with van der Waals surface area (Å²) in [6.07, 6.45) is 1.50. The zero-order chi connectivity index (χ0) is 5.33. The Balaban J connectivity index is 0. The Morgan fingerprint density at radius 2 is 1.78 bits per heavy atom. The minimum atomic E-state index is -0.582. The fourth-order valence-corrected chi connectivity index (χ4v) is 3.09. The second kappa shape index (κ2) is 6.00. The van der Waals surface area contributed by atoms with Crippen LogP contribution in [0.25, 0.3) is 0 Å². The summed E-state index contributed by atoms with van der Waals surface area (Å²) < 4.78 is 0. The van der Waals surface area contributed by atoms with Gasteiger partial charge in [-0.3, -0.25) is 0 Å². The predicted octanol–water partition coefficient (Wildman–Crippen LogP) is 2.30. The van der Waals surface area contributed by atoms with Crippen LogP contribution in [0, 0.1) is 6.92 Å². The Labute approximate surface area is 110 Å². The summed E-state index contributed by atoms with van der Waals surface area (Å²) in [5.41, 5.74) is 0. The molecule has 0 spiro atoms. The maximum atomic E-state index is 3.94. The zero-order valence-electron chi connectivity index (χ0n) is 6.19. The summed E-state index contributed by atoms with van der Waals surface area (Å²) in [5.74, 6) is 0. The summed E-state index contributed by atoms with van der Waals surface area (Å²) in [4.78, 5) is 0. The Morgan fingerprint density at radius 1 is 1.33 bits per heavy atom. The van der Waals surface area contributed by atoms with Gasteiger partial charge in [-0.2, -0.15) is 6.04 Å². The van der Waals surface area contributed by atoms with E-state index in [0.717, 1.165) is 0 Å². The van der Waals surface area contributed by atoms with Crippen molar-refractivity contribution in [1.29, 1.82) is 0 Å². The summed E-state index contributed by atoms with van der Waals surface area (Å²) in [7, 11) is -0.582. The summed E-state index contributed by atoms with van der Waals surface area (Å²) in [5, 5.41) is 0. The summed E-state index contributed by atoms with van der Waals surface area (Å²) in [6, 6.07) is 4.38. The minimum Gasteiger partial charge on any atom is -0.346 e. The smallest absolute Gasteiger partial charge is 0.0208 e. The first-order chi connectivity index (χ1) is 3.27. The third-order valence-corrected chi connectivity index (χ3v) is 6.49. The molecule has 0 aromatic carbocycles. The zero-order valence-corrected chi connectivity index (χ0v) is 12.9. The third-order valence-electron chi connectivity index (χ3n) is 2.16. The number of hydrogen-bond donors (Lipinski definition) is 0. The van der Waals surface area contributed by atoms with Gasteiger partial charge in [0.1, 0.15) is 0 Å². The van der Waals surface area contributed by atoms with Crippen molar-refractivity contribution in [3.63, 3.8) is 0 Å². The van der Waals surface area contributed by atoms with E-state index in [9.17, 15) is 0 Å². The molecule has 0 saturated carbocycles. The first-order valence-electron chi connectivity index (χ1n) is 3.06. The van der Waals surface area contributed by atoms with E-state index in [-0.39, 0.29) is 65.4 Å². The molecule has 1 heterocycles. The Kier molecular flexibility index (Phi) is 9.32. The predicted molar refractivity (Wildman–Crippen MR) is 36.0 cm³/mol. The molecular formula is C6H13SiY2-. The van der Waals surface area contributed by atoms with Crippen LogP contribution >= 0.6 is 0 Å². The van der Waals surface area contributed by atoms with Gasteiger partial charge in [-0.1, -0.05) is 25.1 Å². The van der Waals surface area contributed by atoms with Crippen LogP contribution in [0.1, 0.15) is 6.42 Å². The number of hydrogen-bond acceptors (Lipinski definition) is 0. The van der Waals surface area contributed by atoms with Crippen LogP contribution in [0.2, 0.25) is 24.7 Å². The first-order valence-corrected chi connectivity index (χ1v) is 6.18. The topological polar surface area (TPSA) is 0 Å². The van der Waals surface area contributed by atoms with Crippen molar-refractivity contribution in [1.82, 2.24) is 0 Å². The third kappa shape index (κ3) is 4.11. The van der Waals surface area contributed by atoms with Crippen LogP contribution in [-0.4, -0.2) is 8.07 Å². The SMILES string of the molecule is [CH2-]C[Si]1(C)CCC1.[Y].[Y]. The fraction of sp³-hybridized carbons (Fsp3) is 0.833. The van der Waals surface area contributed by atoms with Gasteiger partial charge in [0.25, 0.3) is 0 Å². The van der Waals surface area contributed by atoms with Crippen molar-refractivity contribution in [2.45, 2.75) is 31.1 Å². The van der Waals surface area contributed by atoms with Crippen molar-refractivity contribution in [2.24, 2.45) is 0 Å². The monoisotopic (exact) mass is 291 g/mol.